The summed E-state index contributed by atoms with van der Waals surface area (Å²) < 4.78 is 7.58. The van der Waals surface area contributed by atoms with Gasteiger partial charge in [-0.25, -0.2) is 0 Å². The molecular formula is C20H26N4O3. The van der Waals surface area contributed by atoms with Crippen LogP contribution in [-0.2, 0) is 17.8 Å². The molecule has 1 aromatic heterocycles. The number of aromatic nitrogens is 2. The first kappa shape index (κ1) is 18.9. The van der Waals surface area contributed by atoms with E-state index in [1.54, 1.807) is 18.1 Å². The third-order valence-corrected chi connectivity index (χ3v) is 4.84. The molecule has 7 heteroatoms. The number of carbonyl (C=O) groups excluding carboxylic acids is 2. The van der Waals surface area contributed by atoms with Crippen LogP contribution in [0.25, 0.3) is 0 Å². The Hall–Kier alpha value is -2.83. The second kappa shape index (κ2) is 8.70. The number of likely N-dealkylation sites (N-methyl/N-ethyl adjacent to an activating group) is 1. The van der Waals surface area contributed by atoms with E-state index in [1.807, 2.05) is 35.0 Å². The van der Waals surface area contributed by atoms with E-state index >= 15 is 0 Å². The maximum Gasteiger partial charge on any atom is 0.257 e. The van der Waals surface area contributed by atoms with E-state index in [9.17, 15) is 9.59 Å². The molecule has 2 amide bonds. The van der Waals surface area contributed by atoms with Gasteiger partial charge < -0.3 is 15.0 Å². The van der Waals surface area contributed by atoms with Crippen LogP contribution in [0.3, 0.4) is 0 Å². The number of benzene rings is 1. The summed E-state index contributed by atoms with van der Waals surface area (Å²) in [7, 11) is 1.78. The van der Waals surface area contributed by atoms with Crippen LogP contribution >= 0.6 is 0 Å². The number of nitrogens with one attached hydrogen (secondary N) is 1. The van der Waals surface area contributed by atoms with Gasteiger partial charge in [-0.05, 0) is 30.9 Å². The summed E-state index contributed by atoms with van der Waals surface area (Å²) in [5.74, 6) is 1.05. The molecule has 1 aliphatic rings. The van der Waals surface area contributed by atoms with Crippen molar-refractivity contribution in [2.24, 2.45) is 5.92 Å². The zero-order chi connectivity index (χ0) is 19.2. The van der Waals surface area contributed by atoms with E-state index in [4.69, 9.17) is 4.74 Å². The molecule has 0 bridgehead atoms. The molecule has 1 aromatic carbocycles. The molecule has 2 aromatic rings. The van der Waals surface area contributed by atoms with Gasteiger partial charge in [0.25, 0.3) is 5.91 Å². The Bertz CT molecular complexity index is 788. The predicted molar refractivity (Wildman–Crippen MR) is 102 cm³/mol. The van der Waals surface area contributed by atoms with Gasteiger partial charge in [-0.2, -0.15) is 5.10 Å². The molecule has 0 spiro atoms. The molecule has 3 rings (SSSR count). The Morgan fingerprint density at radius 1 is 1.33 bits per heavy atom. The standard InChI is InChI=1S/C20H26N4O3/c1-15(25)21-13-16-8-9-24-19(12-16)18(14-22-24)20(26)23(2)10-11-27-17-6-4-3-5-7-17/h3-7,14,16H,8-13H2,1-2H3,(H,21,25)/t16-/m1/s1. The second-order valence-corrected chi connectivity index (χ2v) is 6.91. The molecule has 0 saturated heterocycles. The number of para-hydroxylation sites is 1. The van der Waals surface area contributed by atoms with Crippen molar-refractivity contribution >= 4 is 11.8 Å². The molecule has 27 heavy (non-hydrogen) atoms. The van der Waals surface area contributed by atoms with Gasteiger partial charge in [0, 0.05) is 27.1 Å². The summed E-state index contributed by atoms with van der Waals surface area (Å²) in [5.41, 5.74) is 1.60. The topological polar surface area (TPSA) is 76.5 Å². The first-order valence-corrected chi connectivity index (χ1v) is 9.27. The molecule has 144 valence electrons. The minimum Gasteiger partial charge on any atom is -0.492 e. The van der Waals surface area contributed by atoms with Gasteiger partial charge >= 0.3 is 0 Å². The number of aryl methyl sites for hydroxylation is 1. The van der Waals surface area contributed by atoms with Crippen molar-refractivity contribution in [3.8, 4) is 5.75 Å². The molecule has 1 atom stereocenters. The molecule has 1 N–H and O–H groups in total. The van der Waals surface area contributed by atoms with Gasteiger partial charge in [-0.1, -0.05) is 18.2 Å². The largest absolute Gasteiger partial charge is 0.492 e. The van der Waals surface area contributed by atoms with Gasteiger partial charge in [-0.15, -0.1) is 0 Å². The van der Waals surface area contributed by atoms with Gasteiger partial charge in [0.1, 0.15) is 12.4 Å². The minimum absolute atomic E-state index is 0.0245. The molecule has 0 radical (unpaired) electrons. The van der Waals surface area contributed by atoms with Crippen LogP contribution < -0.4 is 10.1 Å². The molecule has 0 unspecified atom stereocenters. The highest BCUT2D eigenvalue weighted by Crippen LogP contribution is 2.23. The average Bonchev–Trinajstić information content (AvgIpc) is 3.09. The minimum atomic E-state index is -0.0481. The number of amides is 2. The lowest BCUT2D eigenvalue weighted by atomic mass is 9.94. The van der Waals surface area contributed by atoms with Crippen LogP contribution in [0.2, 0.25) is 0 Å². The summed E-state index contributed by atoms with van der Waals surface area (Å²) in [6.45, 7) is 3.85. The van der Waals surface area contributed by atoms with Crippen molar-refractivity contribution in [2.75, 3.05) is 26.7 Å². The Labute approximate surface area is 159 Å². The molecule has 0 aliphatic carbocycles. The second-order valence-electron chi connectivity index (χ2n) is 6.91. The lowest BCUT2D eigenvalue weighted by Gasteiger charge is -2.25. The normalized spacial score (nSPS) is 15.7. The summed E-state index contributed by atoms with van der Waals surface area (Å²) in [4.78, 5) is 25.7. The van der Waals surface area contributed by atoms with E-state index in [0.717, 1.165) is 30.8 Å². The Balaban J connectivity index is 1.57. The SMILES string of the molecule is CC(=O)NC[C@@H]1CCn2ncc(C(=O)N(C)CCOc3ccccc3)c2C1. The Morgan fingerprint density at radius 3 is 2.85 bits per heavy atom. The highest BCUT2D eigenvalue weighted by atomic mass is 16.5. The number of ether oxygens (including phenoxy) is 1. The van der Waals surface area contributed by atoms with Crippen molar-refractivity contribution in [3.05, 3.63) is 47.8 Å². The fraction of sp³-hybridized carbons (Fsp3) is 0.450. The predicted octanol–water partition coefficient (Wildman–Crippen LogP) is 1.73. The lowest BCUT2D eigenvalue weighted by Crippen LogP contribution is -2.34. The van der Waals surface area contributed by atoms with Gasteiger partial charge in [0.2, 0.25) is 5.91 Å². The molecule has 7 nitrogen and oxygen atoms in total. The van der Waals surface area contributed by atoms with Crippen molar-refractivity contribution in [2.45, 2.75) is 26.3 Å². The number of nitrogens with zero attached hydrogens (tertiary/aromatic N) is 3. The monoisotopic (exact) mass is 370 g/mol. The zero-order valence-corrected chi connectivity index (χ0v) is 15.9. The Kier molecular flexibility index (Phi) is 6.11. The average molecular weight is 370 g/mol. The summed E-state index contributed by atoms with van der Waals surface area (Å²) in [6, 6.07) is 9.56. The maximum atomic E-state index is 12.8. The number of hydrogen-bond acceptors (Lipinski definition) is 4. The molecule has 0 fully saturated rings. The quantitative estimate of drug-likeness (QED) is 0.805. The lowest BCUT2D eigenvalue weighted by molar-refractivity contribution is -0.119. The highest BCUT2D eigenvalue weighted by molar-refractivity contribution is 5.95. The Morgan fingerprint density at radius 2 is 2.11 bits per heavy atom. The van der Waals surface area contributed by atoms with E-state index in [0.29, 0.717) is 31.2 Å². The smallest absolute Gasteiger partial charge is 0.257 e. The fourth-order valence-corrected chi connectivity index (χ4v) is 3.26. The van der Waals surface area contributed by atoms with Crippen LogP contribution in [0, 0.1) is 5.92 Å². The third kappa shape index (κ3) is 4.87. The molecule has 1 aliphatic heterocycles. The number of fused-ring (bicyclic) bond motifs is 1. The van der Waals surface area contributed by atoms with Crippen molar-refractivity contribution in [1.82, 2.24) is 20.0 Å². The van der Waals surface area contributed by atoms with Crippen molar-refractivity contribution in [1.29, 1.82) is 0 Å². The first-order valence-electron chi connectivity index (χ1n) is 9.27. The zero-order valence-electron chi connectivity index (χ0n) is 15.9. The van der Waals surface area contributed by atoms with Crippen molar-refractivity contribution in [3.63, 3.8) is 0 Å². The summed E-state index contributed by atoms with van der Waals surface area (Å²) in [5, 5.41) is 7.24. The van der Waals surface area contributed by atoms with Gasteiger partial charge in [-0.3, -0.25) is 14.3 Å². The van der Waals surface area contributed by atoms with E-state index in [1.165, 1.54) is 6.92 Å². The van der Waals surface area contributed by atoms with Crippen LogP contribution in [0.4, 0.5) is 0 Å². The number of carbonyl (C=O) groups is 2. The van der Waals surface area contributed by atoms with Crippen LogP contribution in [0.15, 0.2) is 36.5 Å². The number of hydrogen-bond donors (Lipinski definition) is 1. The summed E-state index contributed by atoms with van der Waals surface area (Å²) in [6.07, 6.45) is 3.35. The van der Waals surface area contributed by atoms with Crippen LogP contribution in [0.5, 0.6) is 5.75 Å². The van der Waals surface area contributed by atoms with E-state index in [2.05, 4.69) is 10.4 Å². The van der Waals surface area contributed by atoms with Gasteiger partial charge in [0.15, 0.2) is 0 Å². The fourth-order valence-electron chi connectivity index (χ4n) is 3.26. The molecular weight excluding hydrogens is 344 g/mol. The van der Waals surface area contributed by atoms with E-state index < -0.39 is 0 Å². The van der Waals surface area contributed by atoms with E-state index in [-0.39, 0.29) is 11.8 Å². The maximum absolute atomic E-state index is 12.8. The summed E-state index contributed by atoms with van der Waals surface area (Å²) >= 11 is 0. The third-order valence-electron chi connectivity index (χ3n) is 4.84. The van der Waals surface area contributed by atoms with Gasteiger partial charge in [0.05, 0.1) is 24.0 Å². The van der Waals surface area contributed by atoms with Crippen LogP contribution in [-0.4, -0.2) is 53.2 Å². The molecule has 2 heterocycles. The highest BCUT2D eigenvalue weighted by Gasteiger charge is 2.26. The van der Waals surface area contributed by atoms with Crippen LogP contribution in [0.1, 0.15) is 29.4 Å². The number of rotatable bonds is 7. The molecule has 0 saturated carbocycles. The first-order chi connectivity index (χ1) is 13.0. The van der Waals surface area contributed by atoms with Crippen molar-refractivity contribution < 1.29 is 14.3 Å².